The van der Waals surface area contributed by atoms with Crippen LogP contribution in [0.2, 0.25) is 0 Å². The van der Waals surface area contributed by atoms with Crippen molar-refractivity contribution >= 4 is 22.7 Å². The van der Waals surface area contributed by atoms with Gasteiger partial charge < -0.3 is 10.7 Å². The number of hydrogen-bond donors (Lipinski definition) is 2. The van der Waals surface area contributed by atoms with Crippen LogP contribution in [-0.2, 0) is 0 Å². The molecule has 3 nitrogen and oxygen atoms in total. The Kier molecular flexibility index (Phi) is 3.27. The van der Waals surface area contributed by atoms with Crippen molar-refractivity contribution in [2.24, 2.45) is 5.73 Å². The molecule has 4 heteroatoms. The van der Waals surface area contributed by atoms with Crippen molar-refractivity contribution < 1.29 is 0 Å². The number of aromatic nitrogens is 2. The van der Waals surface area contributed by atoms with E-state index < -0.39 is 0 Å². The standard InChI is InChI=1S/C15H15N3S/c1-10(16)11-6-7-17-14(8-11)19-15-9-12-4-2-3-5-13(12)18-15/h2-10,18H,16H2,1H3/t10-/m0/s1. The summed E-state index contributed by atoms with van der Waals surface area (Å²) in [6.07, 6.45) is 1.81. The summed E-state index contributed by atoms with van der Waals surface area (Å²) in [5, 5.41) is 3.27. The fraction of sp³-hybridized carbons (Fsp3) is 0.133. The number of para-hydroxylation sites is 1. The average Bonchev–Trinajstić information content (AvgIpc) is 2.81. The second-order valence-electron chi connectivity index (χ2n) is 4.54. The predicted molar refractivity (Wildman–Crippen MR) is 79.3 cm³/mol. The molecule has 96 valence electrons. The Morgan fingerprint density at radius 1 is 1.21 bits per heavy atom. The summed E-state index contributed by atoms with van der Waals surface area (Å²) in [7, 11) is 0. The van der Waals surface area contributed by atoms with Crippen molar-refractivity contribution in [2.45, 2.75) is 23.0 Å². The highest BCUT2D eigenvalue weighted by molar-refractivity contribution is 7.99. The Morgan fingerprint density at radius 3 is 2.84 bits per heavy atom. The quantitative estimate of drug-likeness (QED) is 0.761. The second kappa shape index (κ2) is 5.07. The summed E-state index contributed by atoms with van der Waals surface area (Å²) in [4.78, 5) is 7.76. The topological polar surface area (TPSA) is 54.7 Å². The lowest BCUT2D eigenvalue weighted by molar-refractivity contribution is 0.808. The van der Waals surface area contributed by atoms with E-state index >= 15 is 0 Å². The number of nitrogens with two attached hydrogens (primary N) is 1. The minimum atomic E-state index is 0.0325. The van der Waals surface area contributed by atoms with Gasteiger partial charge in [-0.3, -0.25) is 0 Å². The summed E-state index contributed by atoms with van der Waals surface area (Å²) in [6.45, 7) is 1.98. The highest BCUT2D eigenvalue weighted by atomic mass is 32.2. The van der Waals surface area contributed by atoms with Crippen molar-refractivity contribution in [2.75, 3.05) is 0 Å². The van der Waals surface area contributed by atoms with Gasteiger partial charge in [-0.05, 0) is 36.8 Å². The predicted octanol–water partition coefficient (Wildman–Crippen LogP) is 3.73. The van der Waals surface area contributed by atoms with Crippen LogP contribution in [0.5, 0.6) is 0 Å². The number of aromatic amines is 1. The van der Waals surface area contributed by atoms with Gasteiger partial charge in [-0.15, -0.1) is 0 Å². The molecular weight excluding hydrogens is 254 g/mol. The maximum Gasteiger partial charge on any atom is 0.102 e. The van der Waals surface area contributed by atoms with Gasteiger partial charge in [0.1, 0.15) is 5.03 Å². The summed E-state index contributed by atoms with van der Waals surface area (Å²) < 4.78 is 0. The Hall–Kier alpha value is -1.78. The van der Waals surface area contributed by atoms with E-state index in [-0.39, 0.29) is 6.04 Å². The molecule has 0 spiro atoms. The van der Waals surface area contributed by atoms with Gasteiger partial charge in [0.2, 0.25) is 0 Å². The summed E-state index contributed by atoms with van der Waals surface area (Å²) in [6, 6.07) is 14.4. The molecule has 0 aliphatic heterocycles. The average molecular weight is 269 g/mol. The molecule has 0 fully saturated rings. The molecule has 0 aliphatic rings. The van der Waals surface area contributed by atoms with Crippen molar-refractivity contribution in [3.8, 4) is 0 Å². The lowest BCUT2D eigenvalue weighted by atomic mass is 10.1. The van der Waals surface area contributed by atoms with Gasteiger partial charge in [-0.25, -0.2) is 4.98 Å². The van der Waals surface area contributed by atoms with Crippen LogP contribution in [0.1, 0.15) is 18.5 Å². The fourth-order valence-corrected chi connectivity index (χ4v) is 2.86. The Morgan fingerprint density at radius 2 is 2.05 bits per heavy atom. The highest BCUT2D eigenvalue weighted by Crippen LogP contribution is 2.29. The molecule has 2 aromatic heterocycles. The molecular formula is C15H15N3S. The fourth-order valence-electron chi connectivity index (χ4n) is 1.98. The molecule has 3 N–H and O–H groups in total. The van der Waals surface area contributed by atoms with Crippen LogP contribution in [0.15, 0.2) is 58.7 Å². The van der Waals surface area contributed by atoms with Crippen LogP contribution in [-0.4, -0.2) is 9.97 Å². The molecule has 0 bridgehead atoms. The van der Waals surface area contributed by atoms with Crippen LogP contribution < -0.4 is 5.73 Å². The summed E-state index contributed by atoms with van der Waals surface area (Å²) >= 11 is 1.62. The molecule has 1 aromatic carbocycles. The van der Waals surface area contributed by atoms with E-state index in [9.17, 15) is 0 Å². The molecule has 0 radical (unpaired) electrons. The molecule has 3 aromatic rings. The maximum absolute atomic E-state index is 5.89. The number of pyridine rings is 1. The minimum Gasteiger partial charge on any atom is -0.349 e. The summed E-state index contributed by atoms with van der Waals surface area (Å²) in [5.41, 5.74) is 8.14. The van der Waals surface area contributed by atoms with Crippen LogP contribution >= 0.6 is 11.8 Å². The number of H-pyrrole nitrogens is 1. The lowest BCUT2D eigenvalue weighted by Gasteiger charge is -2.06. The molecule has 0 unspecified atom stereocenters. The van der Waals surface area contributed by atoms with E-state index in [2.05, 4.69) is 28.2 Å². The number of nitrogens with one attached hydrogen (secondary N) is 1. The minimum absolute atomic E-state index is 0.0325. The van der Waals surface area contributed by atoms with Crippen molar-refractivity contribution in [3.05, 3.63) is 54.2 Å². The summed E-state index contributed by atoms with van der Waals surface area (Å²) in [5.74, 6) is 0. The monoisotopic (exact) mass is 269 g/mol. The first-order chi connectivity index (χ1) is 9.22. The first kappa shape index (κ1) is 12.3. The van der Waals surface area contributed by atoms with E-state index in [1.54, 1.807) is 11.8 Å². The Bertz CT molecular complexity index is 670. The normalized spacial score (nSPS) is 12.7. The van der Waals surface area contributed by atoms with Gasteiger partial charge in [-0.1, -0.05) is 30.0 Å². The smallest absolute Gasteiger partial charge is 0.102 e. The molecule has 0 aliphatic carbocycles. The van der Waals surface area contributed by atoms with Crippen LogP contribution in [0, 0.1) is 0 Å². The third-order valence-electron chi connectivity index (χ3n) is 3.00. The number of fused-ring (bicyclic) bond motifs is 1. The third kappa shape index (κ3) is 2.64. The lowest BCUT2D eigenvalue weighted by Crippen LogP contribution is -2.04. The SMILES string of the molecule is C[C@H](N)c1ccnc(Sc2cc3ccccc3[nH]2)c1. The maximum atomic E-state index is 5.89. The highest BCUT2D eigenvalue weighted by Gasteiger charge is 2.05. The largest absolute Gasteiger partial charge is 0.349 e. The molecule has 0 amide bonds. The second-order valence-corrected chi connectivity index (χ2v) is 5.60. The van der Waals surface area contributed by atoms with Gasteiger partial charge in [0.25, 0.3) is 0 Å². The molecule has 3 rings (SSSR count). The van der Waals surface area contributed by atoms with Gasteiger partial charge in [-0.2, -0.15) is 0 Å². The third-order valence-corrected chi connectivity index (χ3v) is 3.88. The van der Waals surface area contributed by atoms with Gasteiger partial charge in [0.05, 0.1) is 5.03 Å². The zero-order valence-electron chi connectivity index (χ0n) is 10.6. The van der Waals surface area contributed by atoms with E-state index in [1.165, 1.54) is 5.39 Å². The number of benzene rings is 1. The zero-order chi connectivity index (χ0) is 13.2. The van der Waals surface area contributed by atoms with Crippen molar-refractivity contribution in [1.29, 1.82) is 0 Å². The zero-order valence-corrected chi connectivity index (χ0v) is 11.4. The molecule has 19 heavy (non-hydrogen) atoms. The number of nitrogens with zero attached hydrogens (tertiary/aromatic N) is 1. The first-order valence-electron chi connectivity index (χ1n) is 6.19. The van der Waals surface area contributed by atoms with Gasteiger partial charge in [0.15, 0.2) is 0 Å². The van der Waals surface area contributed by atoms with E-state index in [1.807, 2.05) is 37.4 Å². The number of hydrogen-bond acceptors (Lipinski definition) is 3. The molecule has 0 saturated carbocycles. The van der Waals surface area contributed by atoms with Crippen LogP contribution in [0.4, 0.5) is 0 Å². The molecule has 1 atom stereocenters. The van der Waals surface area contributed by atoms with Crippen molar-refractivity contribution in [3.63, 3.8) is 0 Å². The molecule has 0 saturated heterocycles. The van der Waals surface area contributed by atoms with Gasteiger partial charge >= 0.3 is 0 Å². The van der Waals surface area contributed by atoms with Crippen molar-refractivity contribution in [1.82, 2.24) is 9.97 Å². The van der Waals surface area contributed by atoms with Crippen LogP contribution in [0.25, 0.3) is 10.9 Å². The van der Waals surface area contributed by atoms with E-state index in [0.717, 1.165) is 21.1 Å². The van der Waals surface area contributed by atoms with Gasteiger partial charge in [0, 0.05) is 23.1 Å². The Balaban J connectivity index is 1.90. The van der Waals surface area contributed by atoms with E-state index in [4.69, 9.17) is 5.73 Å². The van der Waals surface area contributed by atoms with Crippen LogP contribution in [0.3, 0.4) is 0 Å². The first-order valence-corrected chi connectivity index (χ1v) is 7.01. The van der Waals surface area contributed by atoms with E-state index in [0.29, 0.717) is 0 Å². The number of rotatable bonds is 3. The molecule has 2 heterocycles. The Labute approximate surface area is 116 Å².